The zero-order valence-electron chi connectivity index (χ0n) is 15.1. The fourth-order valence-electron chi connectivity index (χ4n) is 4.67. The van der Waals surface area contributed by atoms with Gasteiger partial charge in [-0.2, -0.15) is 0 Å². The van der Waals surface area contributed by atoms with E-state index >= 15 is 0 Å². The Morgan fingerprint density at radius 2 is 1.73 bits per heavy atom. The van der Waals surface area contributed by atoms with Crippen LogP contribution in [0.5, 0.6) is 0 Å². The van der Waals surface area contributed by atoms with E-state index < -0.39 is 0 Å². The molecular weight excluding hydrogens is 269 g/mol. The fraction of sp³-hybridized carbons (Fsp3) is 0.947. The Labute approximate surface area is 138 Å². The van der Waals surface area contributed by atoms with Gasteiger partial charge in [0.05, 0.1) is 7.85 Å². The Hall–Kier alpha value is -0.465. The van der Waals surface area contributed by atoms with Gasteiger partial charge in [-0.1, -0.05) is 51.8 Å². The SMILES string of the molecule is [B]C1CCCCCC2C(CC1)C(CC(C)C)C(=O)N2C(C)C. The highest BCUT2D eigenvalue weighted by Crippen LogP contribution is 2.43. The van der Waals surface area contributed by atoms with Gasteiger partial charge in [-0.05, 0) is 44.9 Å². The highest BCUT2D eigenvalue weighted by Gasteiger charge is 2.47. The zero-order valence-corrected chi connectivity index (χ0v) is 15.1. The van der Waals surface area contributed by atoms with Crippen molar-refractivity contribution < 1.29 is 4.79 Å². The maximum Gasteiger partial charge on any atom is 0.226 e. The third-order valence-corrected chi connectivity index (χ3v) is 5.67. The molecule has 0 bridgehead atoms. The predicted molar refractivity (Wildman–Crippen MR) is 94.0 cm³/mol. The molecule has 0 aromatic carbocycles. The van der Waals surface area contributed by atoms with Gasteiger partial charge in [0, 0.05) is 18.0 Å². The Morgan fingerprint density at radius 3 is 2.36 bits per heavy atom. The van der Waals surface area contributed by atoms with Gasteiger partial charge < -0.3 is 4.90 Å². The smallest absolute Gasteiger partial charge is 0.226 e. The van der Waals surface area contributed by atoms with Crippen molar-refractivity contribution in [2.45, 2.75) is 97.0 Å². The molecule has 2 rings (SSSR count). The Balaban J connectivity index is 2.22. The van der Waals surface area contributed by atoms with Gasteiger partial charge in [0.2, 0.25) is 5.91 Å². The minimum absolute atomic E-state index is 0.235. The van der Waals surface area contributed by atoms with Crippen LogP contribution < -0.4 is 0 Å². The summed E-state index contributed by atoms with van der Waals surface area (Å²) in [6, 6.07) is 0.787. The number of rotatable bonds is 3. The molecule has 1 aliphatic carbocycles. The van der Waals surface area contributed by atoms with Crippen molar-refractivity contribution in [1.29, 1.82) is 0 Å². The van der Waals surface area contributed by atoms with E-state index in [0.717, 1.165) is 25.7 Å². The minimum Gasteiger partial charge on any atom is -0.337 e. The molecule has 3 heteroatoms. The summed E-state index contributed by atoms with van der Waals surface area (Å²) in [5, 5.41) is 0. The quantitative estimate of drug-likeness (QED) is 0.699. The van der Waals surface area contributed by atoms with E-state index in [9.17, 15) is 4.79 Å². The van der Waals surface area contributed by atoms with Gasteiger partial charge in [0.25, 0.3) is 0 Å². The fourth-order valence-corrected chi connectivity index (χ4v) is 4.67. The Morgan fingerprint density at radius 1 is 1.05 bits per heavy atom. The number of hydrogen-bond acceptors (Lipinski definition) is 1. The molecule has 4 unspecified atom stereocenters. The topological polar surface area (TPSA) is 20.3 Å². The number of fused-ring (bicyclic) bond motifs is 1. The van der Waals surface area contributed by atoms with Crippen LogP contribution in [0.3, 0.4) is 0 Å². The van der Waals surface area contributed by atoms with Crippen LogP contribution in [0.4, 0.5) is 0 Å². The monoisotopic (exact) mass is 303 g/mol. The van der Waals surface area contributed by atoms with Crippen LogP contribution in [0.15, 0.2) is 0 Å². The second kappa shape index (κ2) is 7.88. The highest BCUT2D eigenvalue weighted by molar-refractivity contribution is 6.11. The normalized spacial score (nSPS) is 34.3. The summed E-state index contributed by atoms with van der Waals surface area (Å²) >= 11 is 0. The number of hydrogen-bond donors (Lipinski definition) is 0. The molecule has 2 nitrogen and oxygen atoms in total. The molecule has 0 N–H and O–H groups in total. The van der Waals surface area contributed by atoms with Crippen LogP contribution in [-0.4, -0.2) is 30.7 Å². The second-order valence-corrected chi connectivity index (χ2v) is 8.28. The van der Waals surface area contributed by atoms with Crippen molar-refractivity contribution in [2.24, 2.45) is 17.8 Å². The number of nitrogens with zero attached hydrogens (tertiary/aromatic N) is 1. The predicted octanol–water partition coefficient (Wildman–Crippen LogP) is 4.59. The molecular formula is C19H34BNO. The lowest BCUT2D eigenvalue weighted by atomic mass is 9.73. The van der Waals surface area contributed by atoms with Gasteiger partial charge in [-0.3, -0.25) is 4.79 Å². The van der Waals surface area contributed by atoms with Crippen LogP contribution in [0, 0.1) is 17.8 Å². The largest absolute Gasteiger partial charge is 0.337 e. The maximum atomic E-state index is 13.0. The molecule has 1 amide bonds. The van der Waals surface area contributed by atoms with Crippen LogP contribution in [-0.2, 0) is 4.79 Å². The minimum atomic E-state index is 0.235. The lowest BCUT2D eigenvalue weighted by Crippen LogP contribution is -2.40. The molecule has 0 aromatic heterocycles. The molecule has 0 spiro atoms. The number of likely N-dealkylation sites (tertiary alicyclic amines) is 1. The maximum absolute atomic E-state index is 13.0. The first-order valence-electron chi connectivity index (χ1n) is 9.49. The van der Waals surface area contributed by atoms with E-state index in [2.05, 4.69) is 32.6 Å². The molecule has 0 aromatic rings. The first-order chi connectivity index (χ1) is 10.4. The Kier molecular flexibility index (Phi) is 6.41. The van der Waals surface area contributed by atoms with Crippen molar-refractivity contribution >= 4 is 13.8 Å². The summed E-state index contributed by atoms with van der Waals surface area (Å²) in [6.45, 7) is 8.84. The first-order valence-corrected chi connectivity index (χ1v) is 9.49. The number of amides is 1. The Bertz CT molecular complexity index is 368. The van der Waals surface area contributed by atoms with Crippen molar-refractivity contribution in [3.63, 3.8) is 0 Å². The number of carbonyl (C=O) groups excluding carboxylic acids is 1. The van der Waals surface area contributed by atoms with E-state index in [4.69, 9.17) is 7.85 Å². The zero-order chi connectivity index (χ0) is 16.3. The standard InChI is InChI=1S/C19H34BNO/c1-13(2)12-17-16-11-10-15(20)8-6-5-7-9-18(16)21(14(3)4)19(17)22/h13-18H,5-12H2,1-4H3. The summed E-state index contributed by atoms with van der Waals surface area (Å²) < 4.78 is 0. The molecule has 1 aliphatic heterocycles. The van der Waals surface area contributed by atoms with Crippen molar-refractivity contribution in [3.8, 4) is 0 Å². The van der Waals surface area contributed by atoms with Crippen LogP contribution in [0.25, 0.3) is 0 Å². The molecule has 1 saturated carbocycles. The first kappa shape index (κ1) is 17.9. The molecule has 2 aliphatic rings. The molecule has 22 heavy (non-hydrogen) atoms. The molecule has 2 fully saturated rings. The van der Waals surface area contributed by atoms with Gasteiger partial charge in [-0.25, -0.2) is 0 Å². The van der Waals surface area contributed by atoms with E-state index in [-0.39, 0.29) is 5.92 Å². The van der Waals surface area contributed by atoms with Gasteiger partial charge >= 0.3 is 0 Å². The summed E-state index contributed by atoms with van der Waals surface area (Å²) in [7, 11) is 6.28. The molecule has 1 saturated heterocycles. The van der Waals surface area contributed by atoms with Crippen LogP contribution in [0.2, 0.25) is 5.82 Å². The molecule has 124 valence electrons. The lowest BCUT2D eigenvalue weighted by Gasteiger charge is -2.33. The third-order valence-electron chi connectivity index (χ3n) is 5.67. The van der Waals surface area contributed by atoms with E-state index in [1.807, 2.05) is 0 Å². The van der Waals surface area contributed by atoms with Gasteiger partial charge in [-0.15, -0.1) is 0 Å². The average molecular weight is 303 g/mol. The van der Waals surface area contributed by atoms with Gasteiger partial charge in [0.1, 0.15) is 0 Å². The summed E-state index contributed by atoms with van der Waals surface area (Å²) in [5.41, 5.74) is 0. The second-order valence-electron chi connectivity index (χ2n) is 8.28. The van der Waals surface area contributed by atoms with Crippen molar-refractivity contribution in [1.82, 2.24) is 4.90 Å². The van der Waals surface area contributed by atoms with Crippen LogP contribution in [0.1, 0.15) is 79.1 Å². The highest BCUT2D eigenvalue weighted by atomic mass is 16.2. The molecule has 4 atom stereocenters. The average Bonchev–Trinajstić information content (AvgIpc) is 2.68. The van der Waals surface area contributed by atoms with Crippen molar-refractivity contribution in [3.05, 3.63) is 0 Å². The van der Waals surface area contributed by atoms with E-state index in [1.54, 1.807) is 0 Å². The molecule has 1 heterocycles. The third kappa shape index (κ3) is 4.08. The number of carbonyl (C=O) groups is 1. The van der Waals surface area contributed by atoms with E-state index in [1.165, 1.54) is 25.7 Å². The lowest BCUT2D eigenvalue weighted by molar-refractivity contribution is -0.134. The summed E-state index contributed by atoms with van der Waals surface area (Å²) in [5.74, 6) is 2.11. The van der Waals surface area contributed by atoms with Gasteiger partial charge in [0.15, 0.2) is 0 Å². The molecule has 2 radical (unpaired) electrons. The summed E-state index contributed by atoms with van der Waals surface area (Å²) in [6.07, 6.45) is 9.40. The summed E-state index contributed by atoms with van der Waals surface area (Å²) in [4.78, 5) is 15.2. The van der Waals surface area contributed by atoms with Crippen molar-refractivity contribution in [2.75, 3.05) is 0 Å². The van der Waals surface area contributed by atoms with Crippen LogP contribution >= 0.6 is 0 Å². The van der Waals surface area contributed by atoms with E-state index in [0.29, 0.717) is 35.6 Å².